The standard InChI is InChI=1S/C13H18O6/c14-6-1-2-7-18-13(17)19-8-5-10-3-4-11(15)12(16)9-10/h3-4,9,14-16H,1-2,5-8H2. The third-order valence-corrected chi connectivity index (χ3v) is 2.42. The predicted molar refractivity (Wildman–Crippen MR) is 67.1 cm³/mol. The van der Waals surface area contributed by atoms with E-state index in [1.165, 1.54) is 12.1 Å². The first-order chi connectivity index (χ1) is 9.13. The second kappa shape index (κ2) is 8.20. The molecule has 106 valence electrons. The minimum atomic E-state index is -0.749. The van der Waals surface area contributed by atoms with Crippen LogP contribution >= 0.6 is 0 Å². The van der Waals surface area contributed by atoms with Crippen LogP contribution in [-0.4, -0.2) is 41.3 Å². The van der Waals surface area contributed by atoms with Crippen LogP contribution in [0.1, 0.15) is 18.4 Å². The summed E-state index contributed by atoms with van der Waals surface area (Å²) in [5, 5.41) is 26.9. The smallest absolute Gasteiger partial charge is 0.504 e. The summed E-state index contributed by atoms with van der Waals surface area (Å²) >= 11 is 0. The number of aliphatic hydroxyl groups excluding tert-OH is 1. The molecule has 0 saturated carbocycles. The average Bonchev–Trinajstić information content (AvgIpc) is 2.39. The number of unbranched alkanes of at least 4 members (excludes halogenated alkanes) is 1. The van der Waals surface area contributed by atoms with Crippen LogP contribution in [0.15, 0.2) is 18.2 Å². The maximum absolute atomic E-state index is 11.1. The molecule has 0 aliphatic heterocycles. The Morgan fingerprint density at radius 1 is 1.05 bits per heavy atom. The molecule has 1 rings (SSSR count). The molecular weight excluding hydrogens is 252 g/mol. The normalized spacial score (nSPS) is 10.2. The van der Waals surface area contributed by atoms with Crippen molar-refractivity contribution in [1.29, 1.82) is 0 Å². The summed E-state index contributed by atoms with van der Waals surface area (Å²) in [5.74, 6) is -0.392. The number of carbonyl (C=O) groups excluding carboxylic acids is 1. The zero-order valence-electron chi connectivity index (χ0n) is 10.5. The van der Waals surface area contributed by atoms with Crippen LogP contribution in [0.5, 0.6) is 11.5 Å². The number of aromatic hydroxyl groups is 2. The van der Waals surface area contributed by atoms with E-state index in [0.717, 1.165) is 5.56 Å². The van der Waals surface area contributed by atoms with E-state index in [1.54, 1.807) is 6.07 Å². The quantitative estimate of drug-likeness (QED) is 0.395. The van der Waals surface area contributed by atoms with Gasteiger partial charge in [-0.25, -0.2) is 4.79 Å². The summed E-state index contributed by atoms with van der Waals surface area (Å²) in [6.45, 7) is 0.422. The first kappa shape index (κ1) is 15.1. The lowest BCUT2D eigenvalue weighted by molar-refractivity contribution is 0.0540. The lowest BCUT2D eigenvalue weighted by atomic mass is 10.1. The van der Waals surface area contributed by atoms with Crippen molar-refractivity contribution in [2.45, 2.75) is 19.3 Å². The van der Waals surface area contributed by atoms with Gasteiger partial charge in [-0.05, 0) is 30.5 Å². The number of carbonyl (C=O) groups is 1. The van der Waals surface area contributed by atoms with Crippen molar-refractivity contribution < 1.29 is 29.6 Å². The Morgan fingerprint density at radius 2 is 1.79 bits per heavy atom. The Bertz CT molecular complexity index is 404. The molecular formula is C13H18O6. The van der Waals surface area contributed by atoms with Gasteiger partial charge in [0.2, 0.25) is 0 Å². The van der Waals surface area contributed by atoms with Crippen molar-refractivity contribution >= 4 is 6.16 Å². The number of ether oxygens (including phenoxy) is 2. The second-order valence-corrected chi connectivity index (χ2v) is 3.95. The van der Waals surface area contributed by atoms with Gasteiger partial charge in [0.1, 0.15) is 0 Å². The zero-order chi connectivity index (χ0) is 14.1. The SMILES string of the molecule is O=C(OCCCCO)OCCc1ccc(O)c(O)c1. The van der Waals surface area contributed by atoms with E-state index in [2.05, 4.69) is 0 Å². The molecule has 0 unspecified atom stereocenters. The highest BCUT2D eigenvalue weighted by molar-refractivity contribution is 5.59. The van der Waals surface area contributed by atoms with Gasteiger partial charge >= 0.3 is 6.16 Å². The van der Waals surface area contributed by atoms with Crippen molar-refractivity contribution in [2.24, 2.45) is 0 Å². The lowest BCUT2D eigenvalue weighted by Gasteiger charge is -2.06. The molecule has 6 heteroatoms. The van der Waals surface area contributed by atoms with Crippen molar-refractivity contribution in [3.8, 4) is 11.5 Å². The predicted octanol–water partition coefficient (Wildman–Crippen LogP) is 1.57. The minimum Gasteiger partial charge on any atom is -0.504 e. The van der Waals surface area contributed by atoms with Gasteiger partial charge in [0, 0.05) is 13.0 Å². The fraction of sp³-hybridized carbons (Fsp3) is 0.462. The summed E-state index contributed by atoms with van der Waals surface area (Å²) in [7, 11) is 0. The van der Waals surface area contributed by atoms with Crippen LogP contribution < -0.4 is 0 Å². The van der Waals surface area contributed by atoms with Crippen LogP contribution in [0, 0.1) is 0 Å². The number of hydrogen-bond donors (Lipinski definition) is 3. The molecule has 0 heterocycles. The van der Waals surface area contributed by atoms with E-state index in [4.69, 9.17) is 19.7 Å². The van der Waals surface area contributed by atoms with E-state index in [0.29, 0.717) is 19.3 Å². The summed E-state index contributed by atoms with van der Waals surface area (Å²) in [4.78, 5) is 11.1. The van der Waals surface area contributed by atoms with Crippen LogP contribution in [-0.2, 0) is 15.9 Å². The average molecular weight is 270 g/mol. The summed E-state index contributed by atoms with van der Waals surface area (Å²) in [6, 6.07) is 4.41. The summed E-state index contributed by atoms with van der Waals surface area (Å²) < 4.78 is 9.59. The molecule has 0 aliphatic rings. The van der Waals surface area contributed by atoms with E-state index >= 15 is 0 Å². The highest BCUT2D eigenvalue weighted by atomic mass is 16.7. The number of rotatable bonds is 7. The van der Waals surface area contributed by atoms with Crippen LogP contribution in [0.25, 0.3) is 0 Å². The number of phenolic OH excluding ortho intramolecular Hbond substituents is 2. The molecule has 1 aromatic carbocycles. The van der Waals surface area contributed by atoms with Gasteiger partial charge in [0.25, 0.3) is 0 Å². The Kier molecular flexibility index (Phi) is 6.52. The van der Waals surface area contributed by atoms with Gasteiger partial charge in [-0.2, -0.15) is 0 Å². The van der Waals surface area contributed by atoms with Crippen LogP contribution in [0.4, 0.5) is 4.79 Å². The molecule has 0 aliphatic carbocycles. The Balaban J connectivity index is 2.18. The number of hydrogen-bond acceptors (Lipinski definition) is 6. The molecule has 0 fully saturated rings. The molecule has 0 atom stereocenters. The fourth-order valence-electron chi connectivity index (χ4n) is 1.39. The van der Waals surface area contributed by atoms with Gasteiger partial charge in [0.05, 0.1) is 13.2 Å². The van der Waals surface area contributed by atoms with Crippen LogP contribution in [0.2, 0.25) is 0 Å². The minimum absolute atomic E-state index is 0.0722. The summed E-state index contributed by atoms with van der Waals surface area (Å²) in [5.41, 5.74) is 0.739. The van der Waals surface area contributed by atoms with Crippen molar-refractivity contribution in [3.05, 3.63) is 23.8 Å². The Labute approximate surface area is 111 Å². The summed E-state index contributed by atoms with van der Waals surface area (Å²) in [6.07, 6.45) is 0.845. The third-order valence-electron chi connectivity index (χ3n) is 2.42. The molecule has 0 bridgehead atoms. The molecule has 3 N–H and O–H groups in total. The molecule has 0 radical (unpaired) electrons. The maximum atomic E-state index is 11.1. The van der Waals surface area contributed by atoms with Crippen molar-refractivity contribution in [3.63, 3.8) is 0 Å². The monoisotopic (exact) mass is 270 g/mol. The second-order valence-electron chi connectivity index (χ2n) is 3.95. The largest absolute Gasteiger partial charge is 0.508 e. The third kappa shape index (κ3) is 5.96. The van der Waals surface area contributed by atoms with Gasteiger partial charge in [0.15, 0.2) is 11.5 Å². The number of phenols is 2. The highest BCUT2D eigenvalue weighted by Crippen LogP contribution is 2.24. The molecule has 0 saturated heterocycles. The molecule has 19 heavy (non-hydrogen) atoms. The zero-order valence-corrected chi connectivity index (χ0v) is 10.5. The van der Waals surface area contributed by atoms with E-state index in [1.807, 2.05) is 0 Å². The molecule has 6 nitrogen and oxygen atoms in total. The lowest BCUT2D eigenvalue weighted by Crippen LogP contribution is -2.11. The first-order valence-electron chi connectivity index (χ1n) is 6.04. The van der Waals surface area contributed by atoms with E-state index in [9.17, 15) is 9.90 Å². The van der Waals surface area contributed by atoms with Gasteiger partial charge in [-0.15, -0.1) is 0 Å². The molecule has 0 amide bonds. The van der Waals surface area contributed by atoms with E-state index in [-0.39, 0.29) is 31.3 Å². The van der Waals surface area contributed by atoms with Crippen LogP contribution in [0.3, 0.4) is 0 Å². The Morgan fingerprint density at radius 3 is 2.47 bits per heavy atom. The van der Waals surface area contributed by atoms with E-state index < -0.39 is 6.16 Å². The van der Waals surface area contributed by atoms with Gasteiger partial charge < -0.3 is 24.8 Å². The van der Waals surface area contributed by atoms with Gasteiger partial charge in [-0.3, -0.25) is 0 Å². The highest BCUT2D eigenvalue weighted by Gasteiger charge is 2.05. The topological polar surface area (TPSA) is 96.2 Å². The van der Waals surface area contributed by atoms with Gasteiger partial charge in [-0.1, -0.05) is 6.07 Å². The van der Waals surface area contributed by atoms with Crippen molar-refractivity contribution in [2.75, 3.05) is 19.8 Å². The maximum Gasteiger partial charge on any atom is 0.508 e. The van der Waals surface area contributed by atoms with Crippen molar-refractivity contribution in [1.82, 2.24) is 0 Å². The fourth-order valence-corrected chi connectivity index (χ4v) is 1.39. The molecule has 0 spiro atoms. The molecule has 0 aromatic heterocycles. The number of aliphatic hydroxyl groups is 1. The number of benzene rings is 1. The Hall–Kier alpha value is -1.95. The molecule has 1 aromatic rings. The first-order valence-corrected chi connectivity index (χ1v) is 6.04.